The van der Waals surface area contributed by atoms with Gasteiger partial charge in [-0.05, 0) is 57.0 Å². The average Bonchev–Trinajstić information content (AvgIpc) is 3.03. The van der Waals surface area contributed by atoms with Crippen LogP contribution in [0.4, 0.5) is 4.39 Å². The lowest BCUT2D eigenvalue weighted by molar-refractivity contribution is -0.00571. The molecule has 1 N–H and O–H groups in total. The maximum atomic E-state index is 13.5. The van der Waals surface area contributed by atoms with Crippen LogP contribution in [0.25, 0.3) is 0 Å². The number of carbonyl (C=O) groups is 1. The molecule has 1 aromatic heterocycles. The van der Waals surface area contributed by atoms with E-state index in [0.717, 1.165) is 44.5 Å². The van der Waals surface area contributed by atoms with Crippen molar-refractivity contribution in [2.45, 2.75) is 58.8 Å². The van der Waals surface area contributed by atoms with E-state index in [1.54, 1.807) is 12.1 Å². The van der Waals surface area contributed by atoms with Gasteiger partial charge in [-0.15, -0.1) is 10.2 Å². The number of carbonyl (C=O) groups excluding carboxylic acids is 1. The standard InChI is InChI=1S/C22H30FN5O2/c1-3-16(2)24-21(29)20-26-25-19-13-30-15-22(14-28(19)20)7-9-27(10-8-22)12-17-5-4-6-18(23)11-17/h4-6,11,16H,3,7-10,12-15H2,1-2H3,(H,24,29). The Morgan fingerprint density at radius 2 is 2.13 bits per heavy atom. The van der Waals surface area contributed by atoms with E-state index in [0.29, 0.717) is 31.4 Å². The number of nitrogens with one attached hydrogen (secondary N) is 1. The van der Waals surface area contributed by atoms with E-state index in [4.69, 9.17) is 4.74 Å². The highest BCUT2D eigenvalue weighted by Crippen LogP contribution is 2.36. The van der Waals surface area contributed by atoms with Crippen molar-refractivity contribution < 1.29 is 13.9 Å². The number of likely N-dealkylation sites (tertiary alicyclic amines) is 1. The minimum atomic E-state index is -0.193. The molecule has 1 aromatic carbocycles. The molecule has 30 heavy (non-hydrogen) atoms. The molecule has 1 saturated heterocycles. The van der Waals surface area contributed by atoms with E-state index in [1.165, 1.54) is 6.07 Å². The molecular weight excluding hydrogens is 385 g/mol. The van der Waals surface area contributed by atoms with E-state index in [2.05, 4.69) is 20.4 Å². The van der Waals surface area contributed by atoms with E-state index in [9.17, 15) is 9.18 Å². The number of halogens is 1. The summed E-state index contributed by atoms with van der Waals surface area (Å²) in [7, 11) is 0. The van der Waals surface area contributed by atoms with Crippen LogP contribution in [0.1, 0.15) is 55.1 Å². The van der Waals surface area contributed by atoms with Crippen molar-refractivity contribution in [1.82, 2.24) is 25.0 Å². The number of fused-ring (bicyclic) bond motifs is 1. The van der Waals surface area contributed by atoms with Crippen molar-refractivity contribution in [3.63, 3.8) is 0 Å². The lowest BCUT2D eigenvalue weighted by Crippen LogP contribution is -2.44. The van der Waals surface area contributed by atoms with Gasteiger partial charge in [-0.2, -0.15) is 0 Å². The summed E-state index contributed by atoms with van der Waals surface area (Å²) >= 11 is 0. The molecule has 0 radical (unpaired) electrons. The van der Waals surface area contributed by atoms with Gasteiger partial charge in [-0.25, -0.2) is 4.39 Å². The first-order valence-electron chi connectivity index (χ1n) is 10.8. The van der Waals surface area contributed by atoms with Crippen LogP contribution in [0.15, 0.2) is 24.3 Å². The lowest BCUT2D eigenvalue weighted by Gasteiger charge is -2.41. The van der Waals surface area contributed by atoms with Crippen LogP contribution in [0.5, 0.6) is 0 Å². The molecule has 7 nitrogen and oxygen atoms in total. The SMILES string of the molecule is CCC(C)NC(=O)c1nnc2n1CC1(CCN(Cc3cccc(F)c3)CC1)COC2. The monoisotopic (exact) mass is 415 g/mol. The molecule has 1 spiro atoms. The third-order valence-corrected chi connectivity index (χ3v) is 6.37. The largest absolute Gasteiger partial charge is 0.373 e. The number of hydrogen-bond donors (Lipinski definition) is 1. The van der Waals surface area contributed by atoms with E-state index in [1.807, 2.05) is 24.5 Å². The van der Waals surface area contributed by atoms with E-state index < -0.39 is 0 Å². The minimum absolute atomic E-state index is 0.0442. The molecule has 4 rings (SSSR count). The van der Waals surface area contributed by atoms with E-state index >= 15 is 0 Å². The predicted octanol–water partition coefficient (Wildman–Crippen LogP) is 2.76. The highest BCUT2D eigenvalue weighted by Gasteiger charge is 2.39. The maximum absolute atomic E-state index is 13.5. The molecule has 1 atom stereocenters. The van der Waals surface area contributed by atoms with Gasteiger partial charge < -0.3 is 14.6 Å². The first kappa shape index (κ1) is 20.9. The second-order valence-corrected chi connectivity index (χ2v) is 8.71. The Balaban J connectivity index is 1.44. The number of piperidine rings is 1. The van der Waals surface area contributed by atoms with Crippen LogP contribution in [-0.2, 0) is 24.4 Å². The van der Waals surface area contributed by atoms with Crippen molar-refractivity contribution in [2.75, 3.05) is 19.7 Å². The summed E-state index contributed by atoms with van der Waals surface area (Å²) in [6.45, 7) is 8.29. The van der Waals surface area contributed by atoms with Crippen molar-refractivity contribution in [1.29, 1.82) is 0 Å². The molecular formula is C22H30FN5O2. The van der Waals surface area contributed by atoms with Crippen molar-refractivity contribution in [3.8, 4) is 0 Å². The smallest absolute Gasteiger partial charge is 0.289 e. The van der Waals surface area contributed by atoms with Crippen LogP contribution in [0.3, 0.4) is 0 Å². The van der Waals surface area contributed by atoms with Gasteiger partial charge in [0.25, 0.3) is 5.91 Å². The number of ether oxygens (including phenoxy) is 1. The van der Waals surface area contributed by atoms with Gasteiger partial charge in [0.1, 0.15) is 12.4 Å². The zero-order valence-electron chi connectivity index (χ0n) is 17.7. The second kappa shape index (κ2) is 8.81. The predicted molar refractivity (Wildman–Crippen MR) is 110 cm³/mol. The second-order valence-electron chi connectivity index (χ2n) is 8.71. The number of rotatable bonds is 5. The maximum Gasteiger partial charge on any atom is 0.289 e. The van der Waals surface area contributed by atoms with Gasteiger partial charge in [0, 0.05) is 24.5 Å². The van der Waals surface area contributed by atoms with E-state index in [-0.39, 0.29) is 23.2 Å². The highest BCUT2D eigenvalue weighted by atomic mass is 19.1. The van der Waals surface area contributed by atoms with Crippen LogP contribution in [0.2, 0.25) is 0 Å². The number of benzene rings is 1. The van der Waals surface area contributed by atoms with Crippen LogP contribution >= 0.6 is 0 Å². The first-order chi connectivity index (χ1) is 14.5. The van der Waals surface area contributed by atoms with Crippen LogP contribution in [-0.4, -0.2) is 51.3 Å². The summed E-state index contributed by atoms with van der Waals surface area (Å²) in [6.07, 6.45) is 2.76. The Hall–Kier alpha value is -2.32. The van der Waals surface area contributed by atoms with Crippen LogP contribution in [0, 0.1) is 11.2 Å². The molecule has 1 amide bonds. The third kappa shape index (κ3) is 4.54. The number of hydrogen-bond acceptors (Lipinski definition) is 5. The Morgan fingerprint density at radius 1 is 1.33 bits per heavy atom. The quantitative estimate of drug-likeness (QED) is 0.813. The zero-order valence-corrected chi connectivity index (χ0v) is 17.7. The number of amides is 1. The molecule has 2 aliphatic rings. The van der Waals surface area contributed by atoms with Gasteiger partial charge in [-0.1, -0.05) is 19.1 Å². The van der Waals surface area contributed by atoms with Gasteiger partial charge in [0.2, 0.25) is 5.82 Å². The summed E-state index contributed by atoms with van der Waals surface area (Å²) < 4.78 is 21.4. The average molecular weight is 416 g/mol. The molecule has 8 heteroatoms. The van der Waals surface area contributed by atoms with Gasteiger partial charge >= 0.3 is 0 Å². The normalized spacial score (nSPS) is 19.8. The zero-order chi connectivity index (χ0) is 21.1. The molecule has 1 fully saturated rings. The molecule has 1 unspecified atom stereocenters. The first-order valence-corrected chi connectivity index (χ1v) is 10.8. The summed E-state index contributed by atoms with van der Waals surface area (Å²) in [5.74, 6) is 0.714. The Labute approximate surface area is 176 Å². The molecule has 0 aliphatic carbocycles. The fourth-order valence-electron chi connectivity index (χ4n) is 4.29. The summed E-state index contributed by atoms with van der Waals surface area (Å²) in [5.41, 5.74) is 0.949. The molecule has 0 saturated carbocycles. The Kier molecular flexibility index (Phi) is 6.15. The van der Waals surface area contributed by atoms with Crippen molar-refractivity contribution in [3.05, 3.63) is 47.3 Å². The van der Waals surface area contributed by atoms with Gasteiger partial charge in [0.05, 0.1) is 6.61 Å². The molecule has 2 aromatic rings. The number of nitrogens with zero attached hydrogens (tertiary/aromatic N) is 4. The summed E-state index contributed by atoms with van der Waals surface area (Å²) in [5, 5.41) is 11.4. The van der Waals surface area contributed by atoms with Crippen molar-refractivity contribution >= 4 is 5.91 Å². The summed E-state index contributed by atoms with van der Waals surface area (Å²) in [4.78, 5) is 15.1. The topological polar surface area (TPSA) is 72.3 Å². The van der Waals surface area contributed by atoms with Gasteiger partial charge in [0.15, 0.2) is 5.82 Å². The Morgan fingerprint density at radius 3 is 2.87 bits per heavy atom. The van der Waals surface area contributed by atoms with Crippen LogP contribution < -0.4 is 5.32 Å². The molecule has 162 valence electrons. The Bertz CT molecular complexity index is 891. The summed E-state index contributed by atoms with van der Waals surface area (Å²) in [6, 6.07) is 6.89. The lowest BCUT2D eigenvalue weighted by atomic mass is 9.78. The fraction of sp³-hybridized carbons (Fsp3) is 0.591. The number of aromatic nitrogens is 3. The highest BCUT2D eigenvalue weighted by molar-refractivity contribution is 5.90. The molecule has 3 heterocycles. The fourth-order valence-corrected chi connectivity index (χ4v) is 4.29. The van der Waals surface area contributed by atoms with Crippen molar-refractivity contribution in [2.24, 2.45) is 5.41 Å². The molecule has 2 aliphatic heterocycles. The molecule has 0 bridgehead atoms. The van der Waals surface area contributed by atoms with Gasteiger partial charge in [-0.3, -0.25) is 9.69 Å². The third-order valence-electron chi connectivity index (χ3n) is 6.37. The minimum Gasteiger partial charge on any atom is -0.373 e.